The zero-order valence-corrected chi connectivity index (χ0v) is 6.26. The second-order valence-corrected chi connectivity index (χ2v) is 2.56. The Morgan fingerprint density at radius 2 is 2.25 bits per heavy atom. The molecule has 0 bridgehead atoms. The van der Waals surface area contributed by atoms with E-state index >= 15 is 0 Å². The molecule has 2 N–H and O–H groups in total. The van der Waals surface area contributed by atoms with Gasteiger partial charge in [0.25, 0.3) is 5.91 Å². The van der Waals surface area contributed by atoms with Crippen LogP contribution >= 0.6 is 0 Å². The smallest absolute Gasteiger partial charge is 0.270 e. The van der Waals surface area contributed by atoms with E-state index in [0.717, 1.165) is 0 Å². The van der Waals surface area contributed by atoms with Crippen molar-refractivity contribution in [2.75, 3.05) is 6.54 Å². The summed E-state index contributed by atoms with van der Waals surface area (Å²) in [6.07, 6.45) is 1.68. The van der Waals surface area contributed by atoms with Crippen LogP contribution in [-0.2, 0) is 0 Å². The summed E-state index contributed by atoms with van der Waals surface area (Å²) in [5.74, 6) is -0.349. The Bertz CT molecular complexity index is 312. The van der Waals surface area contributed by atoms with E-state index in [-0.39, 0.29) is 23.1 Å². The van der Waals surface area contributed by atoms with Crippen LogP contribution in [0, 0.1) is 0 Å². The second-order valence-electron chi connectivity index (χ2n) is 2.56. The first-order valence-electron chi connectivity index (χ1n) is 3.64. The number of H-pyrrole nitrogens is 1. The molecule has 0 spiro atoms. The first kappa shape index (κ1) is 7.02. The molecule has 62 valence electrons. The summed E-state index contributed by atoms with van der Waals surface area (Å²) in [4.78, 5) is 28.8. The molecule has 1 aliphatic rings. The van der Waals surface area contributed by atoms with Crippen molar-refractivity contribution in [2.45, 2.75) is 6.42 Å². The van der Waals surface area contributed by atoms with Gasteiger partial charge in [0.05, 0.1) is 6.33 Å². The molecule has 0 radical (unpaired) electrons. The molecular formula is C7H7N3O2. The Morgan fingerprint density at radius 3 is 3.08 bits per heavy atom. The van der Waals surface area contributed by atoms with Crippen LogP contribution in [0.5, 0.6) is 0 Å². The Balaban J connectivity index is 2.52. The van der Waals surface area contributed by atoms with Gasteiger partial charge in [-0.15, -0.1) is 0 Å². The van der Waals surface area contributed by atoms with Crippen LogP contribution in [0.2, 0.25) is 0 Å². The normalized spacial score (nSPS) is 16.7. The van der Waals surface area contributed by atoms with Crippen molar-refractivity contribution < 1.29 is 9.59 Å². The molecule has 2 heterocycles. The number of carbonyl (C=O) groups is 2. The lowest BCUT2D eigenvalue weighted by Crippen LogP contribution is -2.23. The molecule has 0 atom stereocenters. The minimum atomic E-state index is -0.256. The predicted molar refractivity (Wildman–Crippen MR) is 39.9 cm³/mol. The van der Waals surface area contributed by atoms with Crippen molar-refractivity contribution in [3.8, 4) is 0 Å². The molecule has 1 aromatic heterocycles. The van der Waals surface area contributed by atoms with Crippen molar-refractivity contribution in [2.24, 2.45) is 0 Å². The van der Waals surface area contributed by atoms with Crippen LogP contribution in [0.3, 0.4) is 0 Å². The van der Waals surface area contributed by atoms with E-state index in [4.69, 9.17) is 0 Å². The molecule has 5 heteroatoms. The molecule has 0 aliphatic carbocycles. The molecule has 1 aliphatic heterocycles. The average molecular weight is 165 g/mol. The van der Waals surface area contributed by atoms with Crippen molar-refractivity contribution in [3.63, 3.8) is 0 Å². The number of Topliss-reactive ketones (excluding diaryl/α,β-unsaturated/α-hetero) is 1. The molecule has 0 saturated heterocycles. The number of hydrogen-bond acceptors (Lipinski definition) is 3. The van der Waals surface area contributed by atoms with Gasteiger partial charge in [-0.1, -0.05) is 0 Å². The van der Waals surface area contributed by atoms with E-state index in [1.807, 2.05) is 0 Å². The van der Waals surface area contributed by atoms with Gasteiger partial charge < -0.3 is 10.3 Å². The van der Waals surface area contributed by atoms with Gasteiger partial charge in [0, 0.05) is 13.0 Å². The zero-order chi connectivity index (χ0) is 8.55. The number of nitrogens with zero attached hydrogens (tertiary/aromatic N) is 1. The molecule has 0 saturated carbocycles. The zero-order valence-electron chi connectivity index (χ0n) is 6.26. The van der Waals surface area contributed by atoms with Crippen molar-refractivity contribution in [3.05, 3.63) is 17.7 Å². The number of hydrogen-bond donors (Lipinski definition) is 2. The molecule has 2 rings (SSSR count). The molecular weight excluding hydrogens is 158 g/mol. The Hall–Kier alpha value is -1.65. The van der Waals surface area contributed by atoms with E-state index in [1.165, 1.54) is 6.33 Å². The predicted octanol–water partition coefficient (Wildman–Crippen LogP) is -0.274. The fourth-order valence-corrected chi connectivity index (χ4v) is 1.18. The summed E-state index contributed by atoms with van der Waals surface area (Å²) in [5.41, 5.74) is 0.530. The quantitative estimate of drug-likeness (QED) is 0.555. The van der Waals surface area contributed by atoms with Gasteiger partial charge >= 0.3 is 0 Å². The lowest BCUT2D eigenvalue weighted by atomic mass is 10.2. The highest BCUT2D eigenvalue weighted by molar-refractivity contribution is 6.07. The number of aromatic amines is 1. The van der Waals surface area contributed by atoms with Crippen LogP contribution < -0.4 is 5.32 Å². The fourth-order valence-electron chi connectivity index (χ4n) is 1.18. The number of nitrogens with one attached hydrogen (secondary N) is 2. The minimum absolute atomic E-state index is 0.0930. The first-order valence-corrected chi connectivity index (χ1v) is 3.64. The maximum atomic E-state index is 11.2. The standard InChI is InChI=1S/C7H7N3O2/c11-4-1-2-8-7(12)6-5(4)9-3-10-6/h3H,1-2H2,(H,8,12)(H,9,10). The largest absolute Gasteiger partial charge is 0.350 e. The van der Waals surface area contributed by atoms with Crippen LogP contribution in [0.4, 0.5) is 0 Å². The van der Waals surface area contributed by atoms with Crippen molar-refractivity contribution in [1.82, 2.24) is 15.3 Å². The van der Waals surface area contributed by atoms with E-state index < -0.39 is 0 Å². The highest BCUT2D eigenvalue weighted by Crippen LogP contribution is 2.08. The topological polar surface area (TPSA) is 74.8 Å². The van der Waals surface area contributed by atoms with Crippen LogP contribution in [-0.4, -0.2) is 28.2 Å². The number of ketones is 1. The van der Waals surface area contributed by atoms with E-state index in [2.05, 4.69) is 15.3 Å². The van der Waals surface area contributed by atoms with E-state index in [1.54, 1.807) is 0 Å². The van der Waals surface area contributed by atoms with Gasteiger partial charge in [-0.3, -0.25) is 9.59 Å². The summed E-state index contributed by atoms with van der Waals surface area (Å²) in [6.45, 7) is 0.391. The third kappa shape index (κ3) is 0.903. The van der Waals surface area contributed by atoms with Gasteiger partial charge in [-0.25, -0.2) is 4.98 Å². The fraction of sp³-hybridized carbons (Fsp3) is 0.286. The summed E-state index contributed by atoms with van der Waals surface area (Å²) >= 11 is 0. The number of rotatable bonds is 0. The SMILES string of the molecule is O=C1CCNC(=O)c2[nH]cnc21. The summed E-state index contributed by atoms with van der Waals surface area (Å²) in [6, 6.07) is 0. The number of carbonyl (C=O) groups excluding carboxylic acids is 2. The van der Waals surface area contributed by atoms with Gasteiger partial charge in [0.15, 0.2) is 5.78 Å². The molecule has 5 nitrogen and oxygen atoms in total. The van der Waals surface area contributed by atoms with Gasteiger partial charge in [0.2, 0.25) is 0 Å². The van der Waals surface area contributed by atoms with Crippen molar-refractivity contribution in [1.29, 1.82) is 0 Å². The van der Waals surface area contributed by atoms with Crippen molar-refractivity contribution >= 4 is 11.7 Å². The Labute approximate surface area is 68.2 Å². The highest BCUT2D eigenvalue weighted by atomic mass is 16.2. The third-order valence-electron chi connectivity index (χ3n) is 1.77. The number of amides is 1. The molecule has 0 fully saturated rings. The number of fused-ring (bicyclic) bond motifs is 1. The summed E-state index contributed by atoms with van der Waals surface area (Å²) < 4.78 is 0. The molecule has 0 unspecified atom stereocenters. The van der Waals surface area contributed by atoms with E-state index in [0.29, 0.717) is 13.0 Å². The van der Waals surface area contributed by atoms with Gasteiger partial charge in [0.1, 0.15) is 11.4 Å². The molecule has 12 heavy (non-hydrogen) atoms. The lowest BCUT2D eigenvalue weighted by Gasteiger charge is -1.94. The van der Waals surface area contributed by atoms with Crippen LogP contribution in [0.15, 0.2) is 6.33 Å². The first-order chi connectivity index (χ1) is 5.79. The minimum Gasteiger partial charge on any atom is -0.350 e. The number of imidazole rings is 1. The average Bonchev–Trinajstić information content (AvgIpc) is 2.47. The van der Waals surface area contributed by atoms with Crippen LogP contribution in [0.1, 0.15) is 27.4 Å². The third-order valence-corrected chi connectivity index (χ3v) is 1.77. The maximum Gasteiger partial charge on any atom is 0.270 e. The van der Waals surface area contributed by atoms with E-state index in [9.17, 15) is 9.59 Å². The Kier molecular flexibility index (Phi) is 1.43. The van der Waals surface area contributed by atoms with Gasteiger partial charge in [-0.05, 0) is 0 Å². The van der Waals surface area contributed by atoms with Crippen LogP contribution in [0.25, 0.3) is 0 Å². The second kappa shape index (κ2) is 2.44. The monoisotopic (exact) mass is 165 g/mol. The Morgan fingerprint density at radius 1 is 1.42 bits per heavy atom. The summed E-state index contributed by atoms with van der Waals surface area (Å²) in [7, 11) is 0. The summed E-state index contributed by atoms with van der Waals surface area (Å²) in [5, 5.41) is 2.59. The maximum absolute atomic E-state index is 11.2. The molecule has 0 aromatic carbocycles. The van der Waals surface area contributed by atoms with Gasteiger partial charge in [-0.2, -0.15) is 0 Å². The highest BCUT2D eigenvalue weighted by Gasteiger charge is 2.22. The molecule has 1 amide bonds. The lowest BCUT2D eigenvalue weighted by molar-refractivity contribution is 0.0951. The molecule has 1 aromatic rings. The number of aromatic nitrogens is 2.